The first-order valence-electron chi connectivity index (χ1n) is 5.01. The van der Waals surface area contributed by atoms with Crippen molar-refractivity contribution in [2.45, 2.75) is 18.4 Å². The van der Waals surface area contributed by atoms with E-state index < -0.39 is 12.0 Å². The zero-order chi connectivity index (χ0) is 11.8. The Kier molecular flexibility index (Phi) is 2.53. The number of nitrogens with zero attached hydrogens (tertiary/aromatic N) is 2. The Morgan fingerprint density at radius 1 is 1.69 bits per heavy atom. The molecule has 1 saturated carbocycles. The molecule has 86 valence electrons. The van der Waals surface area contributed by atoms with Gasteiger partial charge in [0.15, 0.2) is 0 Å². The summed E-state index contributed by atoms with van der Waals surface area (Å²) in [7, 11) is 1.75. The van der Waals surface area contributed by atoms with Crippen molar-refractivity contribution in [2.24, 2.45) is 4.99 Å². The smallest absolute Gasteiger partial charge is 0.270 e. The van der Waals surface area contributed by atoms with Gasteiger partial charge in [-0.15, -0.1) is 0 Å². The predicted molar refractivity (Wildman–Crippen MR) is 59.1 cm³/mol. The summed E-state index contributed by atoms with van der Waals surface area (Å²) in [5.41, 5.74) is 0.783. The molecule has 1 unspecified atom stereocenters. The summed E-state index contributed by atoms with van der Waals surface area (Å²) >= 11 is 0. The van der Waals surface area contributed by atoms with Crippen molar-refractivity contribution in [3.63, 3.8) is 0 Å². The Morgan fingerprint density at radius 2 is 2.38 bits per heavy atom. The molecular formula is C11H13F2N3. The second-order valence-electron chi connectivity index (χ2n) is 3.73. The molecule has 1 aliphatic heterocycles. The van der Waals surface area contributed by atoms with Crippen molar-refractivity contribution >= 4 is 5.84 Å². The van der Waals surface area contributed by atoms with E-state index in [4.69, 9.17) is 0 Å². The molecule has 16 heavy (non-hydrogen) atoms. The number of halogens is 2. The van der Waals surface area contributed by atoms with Crippen LogP contribution in [0.3, 0.4) is 0 Å². The molecule has 1 N–H and O–H groups in total. The maximum Gasteiger partial charge on any atom is 0.270 e. The van der Waals surface area contributed by atoms with Crippen molar-refractivity contribution < 1.29 is 8.78 Å². The Hall–Kier alpha value is -1.65. The van der Waals surface area contributed by atoms with E-state index in [2.05, 4.69) is 16.9 Å². The Balaban J connectivity index is 2.23. The van der Waals surface area contributed by atoms with Gasteiger partial charge in [0.1, 0.15) is 11.9 Å². The van der Waals surface area contributed by atoms with Gasteiger partial charge in [0.25, 0.3) is 5.92 Å². The molecule has 0 aromatic carbocycles. The van der Waals surface area contributed by atoms with Crippen LogP contribution in [0, 0.1) is 0 Å². The number of aliphatic imine (C=N–C) groups is 1. The zero-order valence-electron chi connectivity index (χ0n) is 8.95. The molecule has 0 aromatic rings. The van der Waals surface area contributed by atoms with Crippen LogP contribution in [0.5, 0.6) is 0 Å². The van der Waals surface area contributed by atoms with Gasteiger partial charge in [-0.05, 0) is 6.08 Å². The molecule has 1 fully saturated rings. The third-order valence-corrected chi connectivity index (χ3v) is 2.56. The van der Waals surface area contributed by atoms with Crippen LogP contribution < -0.4 is 5.32 Å². The van der Waals surface area contributed by atoms with Gasteiger partial charge >= 0.3 is 0 Å². The lowest BCUT2D eigenvalue weighted by Gasteiger charge is -2.16. The van der Waals surface area contributed by atoms with Crippen LogP contribution in [0.15, 0.2) is 41.8 Å². The quantitative estimate of drug-likeness (QED) is 0.794. The minimum absolute atomic E-state index is 0.111. The third-order valence-electron chi connectivity index (χ3n) is 2.56. The third kappa shape index (κ3) is 1.73. The molecule has 1 aliphatic carbocycles. The van der Waals surface area contributed by atoms with E-state index in [1.54, 1.807) is 25.5 Å². The molecule has 1 heterocycles. The molecule has 0 saturated heterocycles. The molecular weight excluding hydrogens is 212 g/mol. The minimum Gasteiger partial charge on any atom is -0.393 e. The van der Waals surface area contributed by atoms with Crippen LogP contribution in [0.4, 0.5) is 8.78 Å². The van der Waals surface area contributed by atoms with E-state index in [-0.39, 0.29) is 6.42 Å². The predicted octanol–water partition coefficient (Wildman–Crippen LogP) is 1.87. The SMILES string of the molecule is C=C/N=C1\C(=C/NC)C=CN1C1CC1(F)F. The van der Waals surface area contributed by atoms with E-state index in [1.165, 1.54) is 11.1 Å². The maximum atomic E-state index is 13.0. The van der Waals surface area contributed by atoms with Gasteiger partial charge in [-0.1, -0.05) is 6.58 Å². The number of hydrogen-bond donors (Lipinski definition) is 1. The Morgan fingerprint density at radius 3 is 2.88 bits per heavy atom. The summed E-state index contributed by atoms with van der Waals surface area (Å²) < 4.78 is 26.0. The molecule has 1 atom stereocenters. The molecule has 0 radical (unpaired) electrons. The lowest BCUT2D eigenvalue weighted by atomic mass is 10.3. The van der Waals surface area contributed by atoms with Gasteiger partial charge in [-0.25, -0.2) is 13.8 Å². The fourth-order valence-electron chi connectivity index (χ4n) is 1.70. The largest absolute Gasteiger partial charge is 0.393 e. The number of nitrogens with one attached hydrogen (secondary N) is 1. The van der Waals surface area contributed by atoms with Crippen LogP contribution in [-0.2, 0) is 0 Å². The molecule has 0 bridgehead atoms. The van der Waals surface area contributed by atoms with Gasteiger partial charge in [0, 0.05) is 37.6 Å². The molecule has 2 aliphatic rings. The highest BCUT2D eigenvalue weighted by Crippen LogP contribution is 2.47. The molecule has 0 spiro atoms. The fraction of sp³-hybridized carbons (Fsp3) is 0.364. The van der Waals surface area contributed by atoms with E-state index in [0.717, 1.165) is 5.57 Å². The topological polar surface area (TPSA) is 27.6 Å². The summed E-state index contributed by atoms with van der Waals surface area (Å²) in [6, 6.07) is -0.759. The van der Waals surface area contributed by atoms with Crippen molar-refractivity contribution in [3.05, 3.63) is 36.8 Å². The van der Waals surface area contributed by atoms with Crippen LogP contribution in [0.1, 0.15) is 6.42 Å². The van der Waals surface area contributed by atoms with Crippen LogP contribution in [0.2, 0.25) is 0 Å². The van der Waals surface area contributed by atoms with Gasteiger partial charge in [0.2, 0.25) is 0 Å². The van der Waals surface area contributed by atoms with E-state index >= 15 is 0 Å². The summed E-state index contributed by atoms with van der Waals surface area (Å²) in [6.45, 7) is 3.49. The van der Waals surface area contributed by atoms with Crippen molar-refractivity contribution in [2.75, 3.05) is 7.05 Å². The number of hydrogen-bond acceptors (Lipinski definition) is 2. The average molecular weight is 225 g/mol. The lowest BCUT2D eigenvalue weighted by molar-refractivity contribution is 0.0968. The average Bonchev–Trinajstić information content (AvgIpc) is 2.68. The second kappa shape index (κ2) is 3.73. The summed E-state index contributed by atoms with van der Waals surface area (Å²) in [5, 5.41) is 2.86. The summed E-state index contributed by atoms with van der Waals surface area (Å²) in [4.78, 5) is 5.54. The fourth-order valence-corrected chi connectivity index (χ4v) is 1.70. The van der Waals surface area contributed by atoms with Gasteiger partial charge in [-0.2, -0.15) is 0 Å². The number of rotatable bonds is 3. The number of amidine groups is 1. The normalized spacial score (nSPS) is 31.2. The lowest BCUT2D eigenvalue weighted by Crippen LogP contribution is -2.28. The van der Waals surface area contributed by atoms with Crippen molar-refractivity contribution in [1.29, 1.82) is 0 Å². The van der Waals surface area contributed by atoms with E-state index in [0.29, 0.717) is 5.84 Å². The minimum atomic E-state index is -2.60. The van der Waals surface area contributed by atoms with Gasteiger partial charge in [-0.3, -0.25) is 0 Å². The molecule has 0 amide bonds. The summed E-state index contributed by atoms with van der Waals surface area (Å²) in [6.07, 6.45) is 6.36. The highest BCUT2D eigenvalue weighted by molar-refractivity contribution is 6.04. The zero-order valence-corrected chi connectivity index (χ0v) is 8.95. The second-order valence-corrected chi connectivity index (χ2v) is 3.73. The first kappa shape index (κ1) is 10.9. The highest BCUT2D eigenvalue weighted by Gasteiger charge is 2.61. The first-order valence-corrected chi connectivity index (χ1v) is 5.01. The number of alkyl halides is 2. The molecule has 5 heteroatoms. The monoisotopic (exact) mass is 225 g/mol. The van der Waals surface area contributed by atoms with Crippen LogP contribution >= 0.6 is 0 Å². The highest BCUT2D eigenvalue weighted by atomic mass is 19.3. The van der Waals surface area contributed by atoms with E-state index in [1.807, 2.05) is 0 Å². The molecule has 2 rings (SSSR count). The van der Waals surface area contributed by atoms with Gasteiger partial charge < -0.3 is 10.2 Å². The van der Waals surface area contributed by atoms with E-state index in [9.17, 15) is 8.78 Å². The molecule has 3 nitrogen and oxygen atoms in total. The van der Waals surface area contributed by atoms with Crippen molar-refractivity contribution in [3.8, 4) is 0 Å². The summed E-state index contributed by atoms with van der Waals surface area (Å²) in [5.74, 6) is -2.08. The first-order chi connectivity index (χ1) is 7.60. The van der Waals surface area contributed by atoms with Crippen LogP contribution in [0.25, 0.3) is 0 Å². The van der Waals surface area contributed by atoms with Gasteiger partial charge in [0.05, 0.1) is 0 Å². The van der Waals surface area contributed by atoms with Crippen molar-refractivity contribution in [1.82, 2.24) is 10.2 Å². The van der Waals surface area contributed by atoms with Crippen LogP contribution in [-0.4, -0.2) is 29.7 Å². The maximum absolute atomic E-state index is 13.0. The standard InChI is InChI=1S/C11H13F2N3/c1-3-15-10-8(7-14-2)4-5-16(10)9-6-11(9,12)13/h3-5,7,9,14H,1,6H2,2H3/b8-7-,15-10+. The Bertz CT molecular complexity index is 396. The molecule has 0 aromatic heterocycles. The Labute approximate surface area is 92.8 Å².